The third-order valence-electron chi connectivity index (χ3n) is 6.68. The number of halogens is 2. The summed E-state index contributed by atoms with van der Waals surface area (Å²) in [5, 5.41) is 12.2. The van der Waals surface area contributed by atoms with Crippen molar-refractivity contribution in [1.82, 2.24) is 5.32 Å². The Morgan fingerprint density at radius 1 is 1.02 bits per heavy atom. The molecule has 0 fully saturated rings. The summed E-state index contributed by atoms with van der Waals surface area (Å²) in [6.45, 7) is 5.51. The van der Waals surface area contributed by atoms with Crippen LogP contribution >= 0.6 is 31.9 Å². The van der Waals surface area contributed by atoms with Crippen LogP contribution in [0.1, 0.15) is 49.5 Å². The van der Waals surface area contributed by atoms with Crippen LogP contribution < -0.4 is 10.1 Å². The molecular formula is C32H36Br2N2O5. The standard InChI is InChI=1S/C32H36Br2N2O5/c1-22(2)39-19-5-17-35-31(38)32(21-25-7-3-4-8-28(25)34)29(23-9-13-26(33)14-10-23)41-30(36-32)24-11-15-27(16-12-24)40-20-6-18-37/h3-4,7-16,22,29,37H,5-6,17-21H2,1-2H3,(H,35,38)/t29-,32-/m1/s1. The lowest BCUT2D eigenvalue weighted by molar-refractivity contribution is -0.129. The number of rotatable bonds is 14. The predicted octanol–water partition coefficient (Wildman–Crippen LogP) is 6.40. The van der Waals surface area contributed by atoms with Crippen LogP contribution in [-0.2, 0) is 20.7 Å². The molecule has 4 rings (SSSR count). The summed E-state index contributed by atoms with van der Waals surface area (Å²) in [5.74, 6) is 0.876. The molecule has 1 amide bonds. The number of benzene rings is 3. The first-order valence-electron chi connectivity index (χ1n) is 13.8. The SMILES string of the molecule is CC(C)OCCCNC(=O)[C@]1(Cc2ccccc2Br)N=C(c2ccc(OCCCO)cc2)O[C@@H]1c1ccc(Br)cc1. The summed E-state index contributed by atoms with van der Waals surface area (Å²) in [4.78, 5) is 19.3. The molecule has 1 aliphatic heterocycles. The average Bonchev–Trinajstić information content (AvgIpc) is 3.35. The van der Waals surface area contributed by atoms with Gasteiger partial charge in [-0.3, -0.25) is 4.79 Å². The van der Waals surface area contributed by atoms with Crippen LogP contribution in [-0.4, -0.2) is 54.9 Å². The lowest BCUT2D eigenvalue weighted by Gasteiger charge is -2.31. The Morgan fingerprint density at radius 2 is 1.76 bits per heavy atom. The second-order valence-electron chi connectivity index (χ2n) is 10.1. The number of carbonyl (C=O) groups is 1. The van der Waals surface area contributed by atoms with Gasteiger partial charge in [-0.2, -0.15) is 0 Å². The van der Waals surface area contributed by atoms with Crippen LogP contribution in [0.4, 0.5) is 0 Å². The van der Waals surface area contributed by atoms with Gasteiger partial charge in [0, 0.05) is 47.1 Å². The van der Waals surface area contributed by atoms with Crippen molar-refractivity contribution in [2.24, 2.45) is 4.99 Å². The first-order valence-corrected chi connectivity index (χ1v) is 15.4. The van der Waals surface area contributed by atoms with E-state index in [4.69, 9.17) is 24.3 Å². The largest absolute Gasteiger partial charge is 0.494 e. The molecule has 0 unspecified atom stereocenters. The fourth-order valence-electron chi connectivity index (χ4n) is 4.60. The van der Waals surface area contributed by atoms with Gasteiger partial charge in [-0.25, -0.2) is 4.99 Å². The minimum atomic E-state index is -1.26. The summed E-state index contributed by atoms with van der Waals surface area (Å²) in [5.41, 5.74) is 1.28. The van der Waals surface area contributed by atoms with Crippen LogP contribution in [0.25, 0.3) is 0 Å². The molecule has 0 aliphatic carbocycles. The van der Waals surface area contributed by atoms with Gasteiger partial charge in [-0.15, -0.1) is 0 Å². The van der Waals surface area contributed by atoms with Crippen molar-refractivity contribution >= 4 is 43.7 Å². The monoisotopic (exact) mass is 686 g/mol. The van der Waals surface area contributed by atoms with Crippen LogP contribution in [0.15, 0.2) is 86.7 Å². The van der Waals surface area contributed by atoms with Crippen molar-refractivity contribution in [2.45, 2.75) is 50.9 Å². The van der Waals surface area contributed by atoms with Crippen LogP contribution in [0.5, 0.6) is 5.75 Å². The lowest BCUT2D eigenvalue weighted by Crippen LogP contribution is -2.50. The molecule has 3 aromatic carbocycles. The Balaban J connectivity index is 1.71. The molecule has 218 valence electrons. The minimum Gasteiger partial charge on any atom is -0.494 e. The van der Waals surface area contributed by atoms with Crippen molar-refractivity contribution in [2.75, 3.05) is 26.4 Å². The molecule has 0 radical (unpaired) electrons. The second kappa shape index (κ2) is 15.0. The van der Waals surface area contributed by atoms with E-state index in [9.17, 15) is 4.79 Å². The molecule has 3 aromatic rings. The number of nitrogens with one attached hydrogen (secondary N) is 1. The summed E-state index contributed by atoms with van der Waals surface area (Å²) in [6.07, 6.45) is 1.05. The maximum absolute atomic E-state index is 14.2. The van der Waals surface area contributed by atoms with E-state index >= 15 is 0 Å². The highest BCUT2D eigenvalue weighted by Gasteiger charge is 2.53. The molecule has 41 heavy (non-hydrogen) atoms. The van der Waals surface area contributed by atoms with Gasteiger partial charge in [0.2, 0.25) is 5.90 Å². The number of aliphatic hydroxyl groups is 1. The van der Waals surface area contributed by atoms with E-state index in [1.807, 2.05) is 86.6 Å². The molecule has 2 N–H and O–H groups in total. The van der Waals surface area contributed by atoms with Crippen molar-refractivity contribution in [3.05, 3.63) is 98.4 Å². The minimum absolute atomic E-state index is 0.0760. The van der Waals surface area contributed by atoms with Crippen LogP contribution in [0, 0.1) is 0 Å². The van der Waals surface area contributed by atoms with E-state index in [1.54, 1.807) is 0 Å². The average molecular weight is 688 g/mol. The van der Waals surface area contributed by atoms with E-state index in [2.05, 4.69) is 37.2 Å². The van der Waals surface area contributed by atoms with Gasteiger partial charge in [0.1, 0.15) is 5.75 Å². The maximum Gasteiger partial charge on any atom is 0.252 e. The maximum atomic E-state index is 14.2. The Labute approximate surface area is 258 Å². The first kappa shape index (κ1) is 31.2. The summed E-state index contributed by atoms with van der Waals surface area (Å²) in [6, 6.07) is 23.1. The summed E-state index contributed by atoms with van der Waals surface area (Å²) < 4.78 is 19.8. The highest BCUT2D eigenvalue weighted by molar-refractivity contribution is 9.10. The molecule has 7 nitrogen and oxygen atoms in total. The molecule has 1 heterocycles. The molecule has 1 aliphatic rings. The predicted molar refractivity (Wildman–Crippen MR) is 167 cm³/mol. The third-order valence-corrected chi connectivity index (χ3v) is 7.98. The number of hydrogen-bond acceptors (Lipinski definition) is 6. The number of amides is 1. The number of nitrogens with zero attached hydrogens (tertiary/aromatic N) is 1. The Hall–Kier alpha value is -2.72. The quantitative estimate of drug-likeness (QED) is 0.192. The molecule has 0 aromatic heterocycles. The van der Waals surface area contributed by atoms with Gasteiger partial charge in [-0.05, 0) is 73.9 Å². The van der Waals surface area contributed by atoms with Gasteiger partial charge in [0.05, 0.1) is 12.7 Å². The fourth-order valence-corrected chi connectivity index (χ4v) is 5.29. The lowest BCUT2D eigenvalue weighted by atomic mass is 9.82. The van der Waals surface area contributed by atoms with Crippen molar-refractivity contribution in [3.63, 3.8) is 0 Å². The van der Waals surface area contributed by atoms with Crippen LogP contribution in [0.2, 0.25) is 0 Å². The van der Waals surface area contributed by atoms with Gasteiger partial charge in [-0.1, -0.05) is 62.2 Å². The first-order chi connectivity index (χ1) is 19.8. The Morgan fingerprint density at radius 3 is 2.44 bits per heavy atom. The molecule has 2 atom stereocenters. The van der Waals surface area contributed by atoms with Crippen molar-refractivity contribution < 1.29 is 24.1 Å². The second-order valence-corrected chi connectivity index (χ2v) is 11.9. The van der Waals surface area contributed by atoms with E-state index in [-0.39, 0.29) is 18.6 Å². The zero-order valence-corrected chi connectivity index (χ0v) is 26.5. The zero-order chi connectivity index (χ0) is 29.2. The molecule has 0 saturated heterocycles. The molecule has 9 heteroatoms. The molecular weight excluding hydrogens is 652 g/mol. The van der Waals surface area contributed by atoms with E-state index in [1.165, 1.54) is 0 Å². The zero-order valence-electron chi connectivity index (χ0n) is 23.3. The number of aliphatic imine (C=N–C) groups is 1. The smallest absolute Gasteiger partial charge is 0.252 e. The van der Waals surface area contributed by atoms with Gasteiger partial charge in [0.25, 0.3) is 5.91 Å². The number of aliphatic hydroxyl groups excluding tert-OH is 1. The Bertz CT molecular complexity index is 1310. The van der Waals surface area contributed by atoms with E-state index < -0.39 is 11.6 Å². The van der Waals surface area contributed by atoms with Gasteiger partial charge < -0.3 is 24.6 Å². The van der Waals surface area contributed by atoms with Gasteiger partial charge in [0.15, 0.2) is 11.6 Å². The molecule has 0 bridgehead atoms. The summed E-state index contributed by atoms with van der Waals surface area (Å²) in [7, 11) is 0. The topological polar surface area (TPSA) is 89.4 Å². The fraction of sp³-hybridized carbons (Fsp3) is 0.375. The van der Waals surface area contributed by atoms with Crippen molar-refractivity contribution in [3.8, 4) is 5.75 Å². The highest BCUT2D eigenvalue weighted by atomic mass is 79.9. The number of carbonyl (C=O) groups excluding carboxylic acids is 1. The van der Waals surface area contributed by atoms with Crippen LogP contribution in [0.3, 0.4) is 0 Å². The van der Waals surface area contributed by atoms with Gasteiger partial charge >= 0.3 is 0 Å². The van der Waals surface area contributed by atoms with E-state index in [0.29, 0.717) is 50.7 Å². The third kappa shape index (κ3) is 8.19. The number of hydrogen-bond donors (Lipinski definition) is 2. The number of ether oxygens (including phenoxy) is 3. The Kier molecular flexibility index (Phi) is 11.4. The van der Waals surface area contributed by atoms with Crippen molar-refractivity contribution in [1.29, 1.82) is 0 Å². The molecule has 0 spiro atoms. The van der Waals surface area contributed by atoms with E-state index in [0.717, 1.165) is 25.6 Å². The normalized spacial score (nSPS) is 18.2. The highest BCUT2D eigenvalue weighted by Crippen LogP contribution is 2.43. The summed E-state index contributed by atoms with van der Waals surface area (Å²) >= 11 is 7.19. The molecule has 0 saturated carbocycles.